The molecular weight excluding hydrogens is 276 g/mol. The summed E-state index contributed by atoms with van der Waals surface area (Å²) in [5.41, 5.74) is 0.339. The lowest BCUT2D eigenvalue weighted by molar-refractivity contribution is 0.180. The van der Waals surface area contributed by atoms with Crippen molar-refractivity contribution >= 4 is 23.5 Å². The quantitative estimate of drug-likeness (QED) is 0.648. The Morgan fingerprint density at radius 1 is 0.579 bits per heavy atom. The van der Waals surface area contributed by atoms with E-state index in [9.17, 15) is 10.2 Å². The third-order valence-electron chi connectivity index (χ3n) is 2.83. The molecule has 0 amide bonds. The SMILES string of the molecule is CC(C)(CO)CSCC(C)(C)CSCC(C)(C)CO. The lowest BCUT2D eigenvalue weighted by atomic mass is 9.98. The Labute approximate surface area is 128 Å². The first-order chi connectivity index (χ1) is 8.54. The van der Waals surface area contributed by atoms with Gasteiger partial charge in [-0.15, -0.1) is 0 Å². The molecule has 0 saturated heterocycles. The van der Waals surface area contributed by atoms with E-state index < -0.39 is 0 Å². The smallest absolute Gasteiger partial charge is 0.0490 e. The second kappa shape index (κ2) is 8.16. The molecule has 0 fully saturated rings. The molecule has 2 nitrogen and oxygen atoms in total. The average molecular weight is 309 g/mol. The highest BCUT2D eigenvalue weighted by atomic mass is 32.2. The minimum Gasteiger partial charge on any atom is -0.396 e. The molecule has 0 radical (unpaired) electrons. The van der Waals surface area contributed by atoms with Crippen molar-refractivity contribution in [2.45, 2.75) is 41.5 Å². The van der Waals surface area contributed by atoms with Crippen LogP contribution in [0, 0.1) is 16.2 Å². The van der Waals surface area contributed by atoms with Gasteiger partial charge in [0, 0.05) is 24.7 Å². The number of aliphatic hydroxyl groups is 2. The summed E-state index contributed by atoms with van der Waals surface area (Å²) in [6.07, 6.45) is 0. The fourth-order valence-corrected chi connectivity index (χ4v) is 4.27. The normalized spacial score (nSPS) is 13.9. The monoisotopic (exact) mass is 308 g/mol. The molecule has 116 valence electrons. The van der Waals surface area contributed by atoms with E-state index in [2.05, 4.69) is 41.5 Å². The highest BCUT2D eigenvalue weighted by Crippen LogP contribution is 2.32. The zero-order valence-corrected chi connectivity index (χ0v) is 15.1. The molecule has 0 aromatic rings. The van der Waals surface area contributed by atoms with Gasteiger partial charge in [0.15, 0.2) is 0 Å². The maximum absolute atomic E-state index is 9.24. The standard InChI is InChI=1S/C15H32O2S2/c1-13(2,7-16)9-18-11-15(5,6)12-19-10-14(3,4)8-17/h16-17H,7-12H2,1-6H3. The molecule has 0 rings (SSSR count). The molecule has 0 atom stereocenters. The summed E-state index contributed by atoms with van der Waals surface area (Å²) in [6, 6.07) is 0. The molecule has 4 heteroatoms. The Morgan fingerprint density at radius 2 is 0.842 bits per heavy atom. The minimum atomic E-state index is 0.0206. The number of aliphatic hydroxyl groups excluding tert-OH is 2. The van der Waals surface area contributed by atoms with Gasteiger partial charge in [-0.05, 0) is 27.8 Å². The van der Waals surface area contributed by atoms with E-state index in [-0.39, 0.29) is 24.0 Å². The highest BCUT2D eigenvalue weighted by molar-refractivity contribution is 8.00. The van der Waals surface area contributed by atoms with Gasteiger partial charge >= 0.3 is 0 Å². The molecule has 0 aromatic carbocycles. The molecule has 0 aliphatic carbocycles. The van der Waals surface area contributed by atoms with Gasteiger partial charge in [-0.25, -0.2) is 0 Å². The van der Waals surface area contributed by atoms with Gasteiger partial charge in [0.05, 0.1) is 0 Å². The van der Waals surface area contributed by atoms with Gasteiger partial charge in [0.2, 0.25) is 0 Å². The van der Waals surface area contributed by atoms with Crippen LogP contribution >= 0.6 is 23.5 Å². The van der Waals surface area contributed by atoms with Crippen molar-refractivity contribution in [1.29, 1.82) is 0 Å². The zero-order chi connectivity index (χ0) is 15.2. The Balaban J connectivity index is 3.93. The van der Waals surface area contributed by atoms with Crippen LogP contribution in [0.3, 0.4) is 0 Å². The van der Waals surface area contributed by atoms with Crippen LogP contribution in [0.5, 0.6) is 0 Å². The van der Waals surface area contributed by atoms with Gasteiger partial charge in [0.25, 0.3) is 0 Å². The lowest BCUT2D eigenvalue weighted by Gasteiger charge is -2.29. The second-order valence-electron chi connectivity index (χ2n) is 7.79. The fraction of sp³-hybridized carbons (Fsp3) is 1.00. The predicted octanol–water partition coefficient (Wildman–Crippen LogP) is 3.52. The van der Waals surface area contributed by atoms with Crippen LogP contribution in [-0.4, -0.2) is 46.4 Å². The van der Waals surface area contributed by atoms with E-state index in [1.165, 1.54) is 0 Å². The third-order valence-corrected chi connectivity index (χ3v) is 6.77. The summed E-state index contributed by atoms with van der Waals surface area (Å²) in [7, 11) is 0. The van der Waals surface area contributed by atoms with E-state index in [0.717, 1.165) is 23.0 Å². The van der Waals surface area contributed by atoms with Crippen LogP contribution in [0.1, 0.15) is 41.5 Å². The largest absolute Gasteiger partial charge is 0.396 e. The van der Waals surface area contributed by atoms with E-state index in [1.807, 2.05) is 23.5 Å². The molecule has 0 aliphatic heterocycles. The van der Waals surface area contributed by atoms with Crippen LogP contribution in [0.15, 0.2) is 0 Å². The molecule has 0 bridgehead atoms. The van der Waals surface area contributed by atoms with E-state index in [0.29, 0.717) is 5.41 Å². The van der Waals surface area contributed by atoms with Crippen molar-refractivity contribution < 1.29 is 10.2 Å². The van der Waals surface area contributed by atoms with Gasteiger partial charge in [-0.2, -0.15) is 23.5 Å². The van der Waals surface area contributed by atoms with Gasteiger partial charge < -0.3 is 10.2 Å². The molecule has 0 saturated carbocycles. The molecule has 0 heterocycles. The van der Waals surface area contributed by atoms with Gasteiger partial charge in [-0.3, -0.25) is 0 Å². The maximum atomic E-state index is 9.24. The molecule has 0 aliphatic rings. The summed E-state index contributed by atoms with van der Waals surface area (Å²) < 4.78 is 0. The number of rotatable bonds is 10. The summed E-state index contributed by atoms with van der Waals surface area (Å²) in [5.74, 6) is 4.23. The lowest BCUT2D eigenvalue weighted by Crippen LogP contribution is -2.25. The van der Waals surface area contributed by atoms with E-state index >= 15 is 0 Å². The second-order valence-corrected chi connectivity index (χ2v) is 9.77. The summed E-state index contributed by atoms with van der Waals surface area (Å²) in [4.78, 5) is 0. The predicted molar refractivity (Wildman–Crippen MR) is 90.2 cm³/mol. The van der Waals surface area contributed by atoms with Crippen LogP contribution in [0.2, 0.25) is 0 Å². The minimum absolute atomic E-state index is 0.0206. The van der Waals surface area contributed by atoms with Crippen LogP contribution in [-0.2, 0) is 0 Å². The number of hydrogen-bond donors (Lipinski definition) is 2. The van der Waals surface area contributed by atoms with Crippen molar-refractivity contribution in [1.82, 2.24) is 0 Å². The van der Waals surface area contributed by atoms with E-state index in [4.69, 9.17) is 0 Å². The first-order valence-electron chi connectivity index (χ1n) is 6.91. The zero-order valence-electron chi connectivity index (χ0n) is 13.5. The summed E-state index contributed by atoms with van der Waals surface area (Å²) in [6.45, 7) is 13.5. The van der Waals surface area contributed by atoms with Crippen molar-refractivity contribution in [3.05, 3.63) is 0 Å². The van der Waals surface area contributed by atoms with Gasteiger partial charge in [0.1, 0.15) is 0 Å². The van der Waals surface area contributed by atoms with Crippen LogP contribution in [0.25, 0.3) is 0 Å². The first-order valence-corrected chi connectivity index (χ1v) is 9.22. The molecule has 0 unspecified atom stereocenters. The van der Waals surface area contributed by atoms with E-state index in [1.54, 1.807) is 0 Å². The Morgan fingerprint density at radius 3 is 1.11 bits per heavy atom. The van der Waals surface area contributed by atoms with Crippen molar-refractivity contribution in [2.24, 2.45) is 16.2 Å². The Hall–Kier alpha value is 0.620. The first kappa shape index (κ1) is 19.6. The van der Waals surface area contributed by atoms with Crippen molar-refractivity contribution in [2.75, 3.05) is 36.2 Å². The highest BCUT2D eigenvalue weighted by Gasteiger charge is 2.23. The third kappa shape index (κ3) is 10.1. The molecular formula is C15H32O2S2. The maximum Gasteiger partial charge on any atom is 0.0490 e. The van der Waals surface area contributed by atoms with Gasteiger partial charge in [-0.1, -0.05) is 41.5 Å². The number of thioether (sulfide) groups is 2. The Kier molecular flexibility index (Phi) is 8.42. The molecule has 2 N–H and O–H groups in total. The summed E-state index contributed by atoms with van der Waals surface area (Å²) in [5, 5.41) is 18.5. The fourth-order valence-electron chi connectivity index (χ4n) is 1.34. The number of hydrogen-bond acceptors (Lipinski definition) is 4. The topological polar surface area (TPSA) is 40.5 Å². The van der Waals surface area contributed by atoms with Crippen LogP contribution in [0.4, 0.5) is 0 Å². The Bertz CT molecular complexity index is 227. The molecule has 0 aromatic heterocycles. The average Bonchev–Trinajstić information content (AvgIpc) is 2.28. The van der Waals surface area contributed by atoms with Crippen LogP contribution < -0.4 is 0 Å². The summed E-state index contributed by atoms with van der Waals surface area (Å²) >= 11 is 3.87. The van der Waals surface area contributed by atoms with Crippen molar-refractivity contribution in [3.63, 3.8) is 0 Å². The molecule has 19 heavy (non-hydrogen) atoms. The molecule has 0 spiro atoms. The van der Waals surface area contributed by atoms with Crippen molar-refractivity contribution in [3.8, 4) is 0 Å².